The second kappa shape index (κ2) is 8.95. The number of anilines is 1. The molecular formula is C22H23FN2O4S. The van der Waals surface area contributed by atoms with Crippen LogP contribution in [0, 0.1) is 5.82 Å². The number of hydrogen-bond acceptors (Lipinski definition) is 6. The SMILES string of the molecule is CCCOC(=O)c1c(NC(=O)C2CC(c3ccc(F)cc3)=NO2)sc2c1CCCC2. The third-order valence-corrected chi connectivity index (χ3v) is 6.40. The summed E-state index contributed by atoms with van der Waals surface area (Å²) in [5.41, 5.74) is 2.78. The van der Waals surface area contributed by atoms with Crippen LogP contribution in [0.5, 0.6) is 0 Å². The fourth-order valence-electron chi connectivity index (χ4n) is 3.66. The Hall–Kier alpha value is -2.74. The number of nitrogens with one attached hydrogen (secondary N) is 1. The molecule has 1 aliphatic carbocycles. The normalized spacial score (nSPS) is 17.7. The molecule has 30 heavy (non-hydrogen) atoms. The Morgan fingerprint density at radius 3 is 2.80 bits per heavy atom. The van der Waals surface area contributed by atoms with Crippen LogP contribution in [0.2, 0.25) is 0 Å². The molecule has 0 bridgehead atoms. The van der Waals surface area contributed by atoms with Gasteiger partial charge in [-0.3, -0.25) is 4.79 Å². The third-order valence-electron chi connectivity index (χ3n) is 5.19. The minimum atomic E-state index is -0.802. The lowest BCUT2D eigenvalue weighted by Gasteiger charge is -2.13. The predicted octanol–water partition coefficient (Wildman–Crippen LogP) is 4.46. The molecule has 158 valence electrons. The van der Waals surface area contributed by atoms with Crippen molar-refractivity contribution in [1.82, 2.24) is 0 Å². The molecule has 8 heteroatoms. The van der Waals surface area contributed by atoms with Crippen LogP contribution in [-0.4, -0.2) is 30.3 Å². The average molecular weight is 431 g/mol. The maximum atomic E-state index is 13.1. The van der Waals surface area contributed by atoms with Gasteiger partial charge in [0.1, 0.15) is 10.8 Å². The van der Waals surface area contributed by atoms with Crippen molar-refractivity contribution in [1.29, 1.82) is 0 Å². The Labute approximate surface area is 178 Å². The zero-order valence-electron chi connectivity index (χ0n) is 16.7. The highest BCUT2D eigenvalue weighted by atomic mass is 32.1. The Morgan fingerprint density at radius 1 is 1.27 bits per heavy atom. The molecule has 0 saturated carbocycles. The molecule has 0 radical (unpaired) electrons. The summed E-state index contributed by atoms with van der Waals surface area (Å²) in [6.45, 7) is 2.28. The summed E-state index contributed by atoms with van der Waals surface area (Å²) in [6, 6.07) is 5.89. The van der Waals surface area contributed by atoms with Crippen LogP contribution < -0.4 is 5.32 Å². The number of ether oxygens (including phenoxy) is 1. The average Bonchev–Trinajstić information content (AvgIpc) is 3.37. The number of rotatable bonds is 6. The first-order chi connectivity index (χ1) is 14.6. The smallest absolute Gasteiger partial charge is 0.341 e. The second-order valence-corrected chi connectivity index (χ2v) is 8.49. The summed E-state index contributed by atoms with van der Waals surface area (Å²) in [4.78, 5) is 32.0. The highest BCUT2D eigenvalue weighted by Crippen LogP contribution is 2.39. The number of amides is 1. The summed E-state index contributed by atoms with van der Waals surface area (Å²) in [5, 5.41) is 7.38. The van der Waals surface area contributed by atoms with Gasteiger partial charge in [0.25, 0.3) is 5.91 Å². The third kappa shape index (κ3) is 4.23. The molecule has 1 N–H and O–H groups in total. The van der Waals surface area contributed by atoms with Crippen molar-refractivity contribution >= 4 is 33.9 Å². The molecule has 6 nitrogen and oxygen atoms in total. The molecular weight excluding hydrogens is 407 g/mol. The van der Waals surface area contributed by atoms with E-state index in [9.17, 15) is 14.0 Å². The van der Waals surface area contributed by atoms with Gasteiger partial charge in [-0.2, -0.15) is 0 Å². The molecule has 2 aliphatic rings. The fraction of sp³-hybridized carbons (Fsp3) is 0.409. The van der Waals surface area contributed by atoms with E-state index >= 15 is 0 Å². The molecule has 4 rings (SSSR count). The fourth-order valence-corrected chi connectivity index (χ4v) is 4.94. The molecule has 1 aromatic heterocycles. The number of benzene rings is 1. The van der Waals surface area contributed by atoms with Crippen molar-refractivity contribution in [3.63, 3.8) is 0 Å². The molecule has 0 spiro atoms. The molecule has 2 aromatic rings. The number of fused-ring (bicyclic) bond motifs is 1. The minimum Gasteiger partial charge on any atom is -0.462 e. The monoisotopic (exact) mass is 430 g/mol. The topological polar surface area (TPSA) is 77.0 Å². The number of thiophene rings is 1. The minimum absolute atomic E-state index is 0.276. The van der Waals surface area contributed by atoms with Crippen LogP contribution in [0.1, 0.15) is 59.0 Å². The van der Waals surface area contributed by atoms with Crippen molar-refractivity contribution in [3.05, 3.63) is 51.7 Å². The first kappa shape index (κ1) is 20.5. The standard InChI is InChI=1S/C22H23FN2O4S/c1-2-11-28-22(27)19-15-5-3-4-6-18(15)30-21(19)24-20(26)17-12-16(25-29-17)13-7-9-14(23)10-8-13/h7-10,17H,2-6,11-12H2,1H3,(H,24,26). The van der Waals surface area contributed by atoms with Crippen molar-refractivity contribution in [3.8, 4) is 0 Å². The van der Waals surface area contributed by atoms with E-state index in [1.807, 2.05) is 6.92 Å². The van der Waals surface area contributed by atoms with E-state index in [1.165, 1.54) is 23.5 Å². The molecule has 1 amide bonds. The number of carbonyl (C=O) groups excluding carboxylic acids is 2. The van der Waals surface area contributed by atoms with Gasteiger partial charge < -0.3 is 14.9 Å². The van der Waals surface area contributed by atoms with E-state index in [-0.39, 0.29) is 24.1 Å². The Balaban J connectivity index is 1.49. The van der Waals surface area contributed by atoms with E-state index in [1.54, 1.807) is 12.1 Å². The summed E-state index contributed by atoms with van der Waals surface area (Å²) < 4.78 is 18.5. The maximum Gasteiger partial charge on any atom is 0.341 e. The molecule has 0 saturated heterocycles. The first-order valence-electron chi connectivity index (χ1n) is 10.2. The van der Waals surface area contributed by atoms with Gasteiger partial charge in [-0.1, -0.05) is 24.2 Å². The Morgan fingerprint density at radius 2 is 2.03 bits per heavy atom. The Kier molecular flexibility index (Phi) is 6.13. The summed E-state index contributed by atoms with van der Waals surface area (Å²) >= 11 is 1.44. The van der Waals surface area contributed by atoms with Crippen molar-refractivity contribution in [2.24, 2.45) is 5.16 Å². The molecule has 1 unspecified atom stereocenters. The lowest BCUT2D eigenvalue weighted by molar-refractivity contribution is -0.125. The number of carbonyl (C=O) groups is 2. The van der Waals surface area contributed by atoms with Gasteiger partial charge in [0.05, 0.1) is 17.9 Å². The van der Waals surface area contributed by atoms with Gasteiger partial charge in [0.2, 0.25) is 6.10 Å². The van der Waals surface area contributed by atoms with Crippen molar-refractivity contribution < 1.29 is 23.6 Å². The van der Waals surface area contributed by atoms with E-state index < -0.39 is 6.10 Å². The highest BCUT2D eigenvalue weighted by Gasteiger charge is 2.32. The van der Waals surface area contributed by atoms with Gasteiger partial charge in [0.15, 0.2) is 0 Å². The van der Waals surface area contributed by atoms with Crippen LogP contribution in [-0.2, 0) is 27.2 Å². The van der Waals surface area contributed by atoms with Crippen LogP contribution >= 0.6 is 11.3 Å². The van der Waals surface area contributed by atoms with E-state index in [0.29, 0.717) is 28.4 Å². The van der Waals surface area contributed by atoms with Gasteiger partial charge in [0, 0.05) is 11.3 Å². The number of oxime groups is 1. The van der Waals surface area contributed by atoms with E-state index in [2.05, 4.69) is 10.5 Å². The van der Waals surface area contributed by atoms with Crippen molar-refractivity contribution in [2.45, 2.75) is 51.6 Å². The van der Waals surface area contributed by atoms with Gasteiger partial charge in [-0.25, -0.2) is 9.18 Å². The largest absolute Gasteiger partial charge is 0.462 e. The maximum absolute atomic E-state index is 13.1. The lowest BCUT2D eigenvalue weighted by atomic mass is 9.95. The van der Waals surface area contributed by atoms with Crippen LogP contribution in [0.15, 0.2) is 29.4 Å². The molecule has 1 atom stereocenters. The number of hydrogen-bond donors (Lipinski definition) is 1. The number of nitrogens with zero attached hydrogens (tertiary/aromatic N) is 1. The molecule has 2 heterocycles. The van der Waals surface area contributed by atoms with E-state index in [0.717, 1.165) is 42.5 Å². The molecule has 1 aliphatic heterocycles. The summed E-state index contributed by atoms with van der Waals surface area (Å²) in [7, 11) is 0. The first-order valence-corrected chi connectivity index (χ1v) is 11.0. The van der Waals surface area contributed by atoms with Gasteiger partial charge >= 0.3 is 5.97 Å². The molecule has 0 fully saturated rings. The molecule has 1 aromatic carbocycles. The van der Waals surface area contributed by atoms with Gasteiger partial charge in [-0.15, -0.1) is 11.3 Å². The Bertz CT molecular complexity index is 984. The quantitative estimate of drug-likeness (QED) is 0.687. The summed E-state index contributed by atoms with van der Waals surface area (Å²) in [6.07, 6.45) is 4.02. The number of esters is 1. The van der Waals surface area contributed by atoms with Gasteiger partial charge in [-0.05, 0) is 55.4 Å². The van der Waals surface area contributed by atoms with Crippen LogP contribution in [0.3, 0.4) is 0 Å². The number of aryl methyl sites for hydroxylation is 1. The zero-order valence-corrected chi connectivity index (χ0v) is 17.5. The van der Waals surface area contributed by atoms with Crippen LogP contribution in [0.25, 0.3) is 0 Å². The van der Waals surface area contributed by atoms with Crippen LogP contribution in [0.4, 0.5) is 9.39 Å². The summed E-state index contributed by atoms with van der Waals surface area (Å²) in [5.74, 6) is -1.09. The second-order valence-electron chi connectivity index (χ2n) is 7.38. The lowest BCUT2D eigenvalue weighted by Crippen LogP contribution is -2.28. The van der Waals surface area contributed by atoms with Crippen molar-refractivity contribution in [2.75, 3.05) is 11.9 Å². The zero-order chi connectivity index (χ0) is 21.1. The highest BCUT2D eigenvalue weighted by molar-refractivity contribution is 7.17. The van der Waals surface area contributed by atoms with E-state index in [4.69, 9.17) is 9.57 Å². The predicted molar refractivity (Wildman–Crippen MR) is 113 cm³/mol. The number of halogens is 1.